The summed E-state index contributed by atoms with van der Waals surface area (Å²) in [7, 11) is 8.85. The van der Waals surface area contributed by atoms with Crippen molar-refractivity contribution in [1.29, 1.82) is 0 Å². The number of nitrogens with zero attached hydrogens (tertiary/aromatic N) is 3. The molecule has 0 aromatic heterocycles. The van der Waals surface area contributed by atoms with Gasteiger partial charge in [-0.25, -0.2) is 0 Å². The second-order valence-corrected chi connectivity index (χ2v) is 14.2. The maximum atomic E-state index is 13.7. The zero-order valence-electron chi connectivity index (χ0n) is 36.8. The molecule has 63 heavy (non-hydrogen) atoms. The molecule has 4 N–H and O–H groups in total. The Hall–Kier alpha value is -7.68. The SMILES string of the molecule is COc1ccc(N(C)C(=O)C(Cc2ccccc2)NC(=O)CN(CC(=O)NCC=O)c2ccc(NC(C)=O)cc2NC=O)cc1.COc1ccc(N(C)C)cc1.Cc1ccccc1. The minimum absolute atomic E-state index is 0.190. The van der Waals surface area contributed by atoms with Crippen molar-refractivity contribution in [2.45, 2.75) is 26.3 Å². The molecule has 1 unspecified atom stereocenters. The maximum Gasteiger partial charge on any atom is 0.249 e. The first kappa shape index (κ1) is 49.7. The number of aryl methyl sites for hydroxylation is 1. The maximum absolute atomic E-state index is 13.7. The summed E-state index contributed by atoms with van der Waals surface area (Å²) in [6.45, 7) is 2.42. The monoisotopic (exact) mass is 859 g/mol. The number of ether oxygens (including phenoxy) is 2. The fraction of sp³-hybridized carbons (Fsp3) is 0.250. The van der Waals surface area contributed by atoms with Gasteiger partial charge >= 0.3 is 0 Å². The smallest absolute Gasteiger partial charge is 0.249 e. The number of anilines is 5. The quantitative estimate of drug-likeness (QED) is 0.0824. The summed E-state index contributed by atoms with van der Waals surface area (Å²) < 4.78 is 10.2. The number of likely N-dealkylation sites (N-methyl/N-ethyl adjacent to an activating group) is 1. The number of nitrogens with one attached hydrogen (secondary N) is 4. The van der Waals surface area contributed by atoms with E-state index >= 15 is 0 Å². The number of hydrogen-bond acceptors (Lipinski definition) is 10. The van der Waals surface area contributed by atoms with E-state index in [9.17, 15) is 28.8 Å². The molecule has 1 atom stereocenters. The minimum Gasteiger partial charge on any atom is -0.497 e. The van der Waals surface area contributed by atoms with Gasteiger partial charge in [0.25, 0.3) is 0 Å². The van der Waals surface area contributed by atoms with Crippen molar-refractivity contribution in [1.82, 2.24) is 10.6 Å². The molecule has 0 spiro atoms. The molecule has 0 saturated carbocycles. The Morgan fingerprint density at radius 3 is 1.75 bits per heavy atom. The lowest BCUT2D eigenvalue weighted by molar-refractivity contribution is -0.126. The van der Waals surface area contributed by atoms with Crippen molar-refractivity contribution in [3.63, 3.8) is 0 Å². The predicted molar refractivity (Wildman–Crippen MR) is 249 cm³/mol. The highest BCUT2D eigenvalue weighted by atomic mass is 16.5. The first-order valence-electron chi connectivity index (χ1n) is 19.9. The summed E-state index contributed by atoms with van der Waals surface area (Å²) in [5.41, 5.74) is 4.78. The van der Waals surface area contributed by atoms with Gasteiger partial charge in [-0.3, -0.25) is 24.0 Å². The first-order valence-corrected chi connectivity index (χ1v) is 19.9. The molecule has 0 saturated heterocycles. The molecular weight excluding hydrogens is 803 g/mol. The Bertz CT molecular complexity index is 2200. The van der Waals surface area contributed by atoms with Gasteiger partial charge in [0, 0.05) is 51.5 Å². The lowest BCUT2D eigenvalue weighted by Crippen LogP contribution is -2.52. The molecule has 0 radical (unpaired) electrons. The van der Waals surface area contributed by atoms with E-state index in [2.05, 4.69) is 45.2 Å². The van der Waals surface area contributed by atoms with Crippen molar-refractivity contribution >= 4 is 64.8 Å². The zero-order chi connectivity index (χ0) is 46.1. The van der Waals surface area contributed by atoms with Crippen molar-refractivity contribution < 1.29 is 38.2 Å². The largest absolute Gasteiger partial charge is 0.497 e. The number of carbonyl (C=O) groups excluding carboxylic acids is 6. The van der Waals surface area contributed by atoms with Crippen LogP contribution in [0.2, 0.25) is 0 Å². The van der Waals surface area contributed by atoms with Gasteiger partial charge in [0.2, 0.25) is 30.0 Å². The molecule has 15 heteroatoms. The Kier molecular flexibility index (Phi) is 20.9. The molecular formula is C48H57N7O8. The molecule has 332 valence electrons. The predicted octanol–water partition coefficient (Wildman–Crippen LogP) is 5.49. The molecule has 0 aliphatic carbocycles. The average Bonchev–Trinajstić information content (AvgIpc) is 3.28. The van der Waals surface area contributed by atoms with Crippen LogP contribution >= 0.6 is 0 Å². The third kappa shape index (κ3) is 17.4. The molecule has 5 amide bonds. The van der Waals surface area contributed by atoms with Gasteiger partial charge in [-0.2, -0.15) is 0 Å². The highest BCUT2D eigenvalue weighted by molar-refractivity contribution is 6.00. The van der Waals surface area contributed by atoms with E-state index in [1.54, 1.807) is 51.6 Å². The molecule has 0 aliphatic rings. The fourth-order valence-electron chi connectivity index (χ4n) is 5.93. The van der Waals surface area contributed by atoms with Crippen molar-refractivity contribution in [3.05, 3.63) is 139 Å². The van der Waals surface area contributed by atoms with Crippen LogP contribution in [-0.4, -0.2) is 97.4 Å². The molecule has 15 nitrogen and oxygen atoms in total. The fourth-order valence-corrected chi connectivity index (χ4v) is 5.93. The Morgan fingerprint density at radius 1 is 0.698 bits per heavy atom. The average molecular weight is 860 g/mol. The van der Waals surface area contributed by atoms with Gasteiger partial charge in [-0.05, 0) is 79.2 Å². The molecule has 0 aliphatic heterocycles. The van der Waals surface area contributed by atoms with E-state index in [4.69, 9.17) is 9.47 Å². The van der Waals surface area contributed by atoms with E-state index < -0.39 is 24.4 Å². The van der Waals surface area contributed by atoms with Gasteiger partial charge in [0.05, 0.1) is 45.2 Å². The van der Waals surface area contributed by atoms with E-state index in [1.165, 1.54) is 40.1 Å². The lowest BCUT2D eigenvalue weighted by atomic mass is 10.0. The van der Waals surface area contributed by atoms with Gasteiger partial charge in [-0.15, -0.1) is 0 Å². The van der Waals surface area contributed by atoms with Crippen molar-refractivity contribution in [3.8, 4) is 11.5 Å². The number of benzene rings is 5. The highest BCUT2D eigenvalue weighted by Crippen LogP contribution is 2.29. The number of aldehydes is 1. The zero-order valence-corrected chi connectivity index (χ0v) is 36.8. The third-order valence-electron chi connectivity index (χ3n) is 9.16. The van der Waals surface area contributed by atoms with Gasteiger partial charge in [-0.1, -0.05) is 66.2 Å². The van der Waals surface area contributed by atoms with Crippen LogP contribution in [0.3, 0.4) is 0 Å². The topological polar surface area (TPSA) is 179 Å². The summed E-state index contributed by atoms with van der Waals surface area (Å²) in [5, 5.41) is 10.4. The van der Waals surface area contributed by atoms with E-state index in [1.807, 2.05) is 86.9 Å². The third-order valence-corrected chi connectivity index (χ3v) is 9.16. The van der Waals surface area contributed by atoms with Crippen LogP contribution in [0.5, 0.6) is 11.5 Å². The highest BCUT2D eigenvalue weighted by Gasteiger charge is 2.27. The van der Waals surface area contributed by atoms with Crippen LogP contribution in [0.15, 0.2) is 127 Å². The standard InChI is InChI=1S/C32H36N6O7.C9H13NO.C7H8/c1-22(41)35-24-9-14-29(27(18-24)34-21-40)38(19-30(42)33-15-16-39)20-31(43)36-28(17-23-7-5-4-6-8-23)32(44)37(2)25-10-12-26(45-3)13-11-25;1-10(2)8-4-6-9(11-3)7-5-8;1-7-5-3-2-4-6-7/h4-14,16,18,21,28H,15,17,19-20H2,1-3H3,(H,33,42)(H,34,40)(H,35,41)(H,36,43);4-7H,1-3H3;2-6H,1H3. The van der Waals surface area contributed by atoms with Crippen LogP contribution in [-0.2, 0) is 35.2 Å². The summed E-state index contributed by atoms with van der Waals surface area (Å²) in [5.74, 6) is -0.337. The van der Waals surface area contributed by atoms with Crippen LogP contribution < -0.4 is 45.4 Å². The molecule has 5 rings (SSSR count). The number of hydrogen-bond donors (Lipinski definition) is 4. The Balaban J connectivity index is 0.000000479. The van der Waals surface area contributed by atoms with Crippen LogP contribution in [0.25, 0.3) is 0 Å². The second kappa shape index (κ2) is 26.5. The normalized spacial score (nSPS) is 10.4. The van der Waals surface area contributed by atoms with E-state index in [-0.39, 0.29) is 42.7 Å². The van der Waals surface area contributed by atoms with E-state index in [0.717, 1.165) is 11.3 Å². The molecule has 0 heterocycles. The Labute approximate surface area is 369 Å². The molecule has 0 bridgehead atoms. The van der Waals surface area contributed by atoms with Crippen molar-refractivity contribution in [2.24, 2.45) is 0 Å². The summed E-state index contributed by atoms with van der Waals surface area (Å²) >= 11 is 0. The van der Waals surface area contributed by atoms with Gasteiger partial charge in [0.15, 0.2) is 0 Å². The van der Waals surface area contributed by atoms with Gasteiger partial charge < -0.3 is 50.2 Å². The lowest BCUT2D eigenvalue weighted by Gasteiger charge is -2.28. The summed E-state index contributed by atoms with van der Waals surface area (Å²) in [4.78, 5) is 78.6. The van der Waals surface area contributed by atoms with Crippen LogP contribution in [0.1, 0.15) is 18.1 Å². The second-order valence-electron chi connectivity index (χ2n) is 14.2. The minimum atomic E-state index is -0.979. The number of carbonyl (C=O) groups is 6. The number of methoxy groups -OCH3 is 2. The van der Waals surface area contributed by atoms with Crippen molar-refractivity contribution in [2.75, 3.05) is 80.3 Å². The summed E-state index contributed by atoms with van der Waals surface area (Å²) in [6.07, 6.45) is 1.13. The summed E-state index contributed by atoms with van der Waals surface area (Å²) in [6, 6.07) is 37.9. The molecule has 0 fully saturated rings. The van der Waals surface area contributed by atoms with Crippen LogP contribution in [0, 0.1) is 6.92 Å². The van der Waals surface area contributed by atoms with E-state index in [0.29, 0.717) is 29.8 Å². The number of amides is 5. The van der Waals surface area contributed by atoms with Crippen LogP contribution in [0.4, 0.5) is 28.4 Å². The molecule has 5 aromatic carbocycles. The van der Waals surface area contributed by atoms with Gasteiger partial charge in [0.1, 0.15) is 23.8 Å². The first-order chi connectivity index (χ1) is 30.3. The number of rotatable bonds is 18. The Morgan fingerprint density at radius 2 is 1.25 bits per heavy atom. The molecule has 5 aromatic rings.